The van der Waals surface area contributed by atoms with E-state index in [1.54, 1.807) is 12.2 Å². The molecule has 0 aliphatic heterocycles. The number of hydrogen-bond acceptors (Lipinski definition) is 4. The summed E-state index contributed by atoms with van der Waals surface area (Å²) >= 11 is 0. The molecule has 0 spiro atoms. The summed E-state index contributed by atoms with van der Waals surface area (Å²) in [5.74, 6) is -2.12. The molecule has 4 atom stereocenters. The Kier molecular flexibility index (Phi) is 10.6. The van der Waals surface area contributed by atoms with Crippen LogP contribution < -0.4 is 0 Å². The smallest absolute Gasteiger partial charge is 0.303 e. The first kappa shape index (κ1) is 24.5. The van der Waals surface area contributed by atoms with E-state index in [-0.39, 0.29) is 43.3 Å². The van der Waals surface area contributed by atoms with Crippen LogP contribution in [0.5, 0.6) is 0 Å². The van der Waals surface area contributed by atoms with Gasteiger partial charge in [-0.05, 0) is 19.3 Å². The van der Waals surface area contributed by atoms with Crippen LogP contribution in [0.25, 0.3) is 0 Å². The standard InChI is InChI=1S/C22H35FO5/c1-3-4-13-22(28,16(2)23)14-9-11-18-17(19(24)15-20(18)25)10-7-5-6-8-12-21(26)27/h9,11,17-18,20,25,28H,2-8,10,12-15H2,1H3,(H,26,27)/t17-,18-,20-,22?/m1/s1. The Morgan fingerprint density at radius 1 is 1.29 bits per heavy atom. The molecule has 1 saturated carbocycles. The van der Waals surface area contributed by atoms with Crippen LogP contribution in [0, 0.1) is 11.8 Å². The molecule has 0 heterocycles. The summed E-state index contributed by atoms with van der Waals surface area (Å²) in [5, 5.41) is 29.3. The fraction of sp³-hybridized carbons (Fsp3) is 0.727. The van der Waals surface area contributed by atoms with E-state index in [0.717, 1.165) is 25.7 Å². The number of carbonyl (C=O) groups is 2. The van der Waals surface area contributed by atoms with Crippen LogP contribution in [-0.4, -0.2) is 38.8 Å². The molecular weight excluding hydrogens is 363 g/mol. The van der Waals surface area contributed by atoms with Crippen LogP contribution in [0.2, 0.25) is 0 Å². The molecule has 1 rings (SSSR count). The molecule has 0 aromatic heterocycles. The number of hydrogen-bond donors (Lipinski definition) is 3. The number of rotatable bonds is 14. The summed E-state index contributed by atoms with van der Waals surface area (Å²) in [6.45, 7) is 5.22. The number of unbranched alkanes of at least 4 members (excludes halogenated alkanes) is 4. The fourth-order valence-corrected chi connectivity index (χ4v) is 3.82. The highest BCUT2D eigenvalue weighted by molar-refractivity contribution is 5.84. The molecule has 28 heavy (non-hydrogen) atoms. The molecule has 160 valence electrons. The minimum Gasteiger partial charge on any atom is -0.481 e. The highest BCUT2D eigenvalue weighted by Gasteiger charge is 2.39. The van der Waals surface area contributed by atoms with Gasteiger partial charge in [0.15, 0.2) is 0 Å². The van der Waals surface area contributed by atoms with Gasteiger partial charge in [0.1, 0.15) is 17.2 Å². The third-order valence-corrected chi connectivity index (χ3v) is 5.65. The molecule has 5 nitrogen and oxygen atoms in total. The molecule has 0 amide bonds. The average Bonchev–Trinajstić information content (AvgIpc) is 2.89. The second-order valence-corrected chi connectivity index (χ2v) is 7.94. The summed E-state index contributed by atoms with van der Waals surface area (Å²) in [6, 6.07) is 0. The molecule has 0 radical (unpaired) electrons. The first-order chi connectivity index (χ1) is 13.2. The van der Waals surface area contributed by atoms with Crippen molar-refractivity contribution in [2.24, 2.45) is 11.8 Å². The van der Waals surface area contributed by atoms with Gasteiger partial charge in [0.2, 0.25) is 0 Å². The third-order valence-electron chi connectivity index (χ3n) is 5.65. The zero-order chi connectivity index (χ0) is 21.2. The molecule has 1 unspecified atom stereocenters. The molecular formula is C22H35FO5. The minimum absolute atomic E-state index is 0.0313. The Hall–Kier alpha value is -1.53. The average molecular weight is 399 g/mol. The molecule has 0 aromatic carbocycles. The van der Waals surface area contributed by atoms with Crippen molar-refractivity contribution >= 4 is 11.8 Å². The second-order valence-electron chi connectivity index (χ2n) is 7.94. The maximum absolute atomic E-state index is 13.7. The minimum atomic E-state index is -1.60. The Morgan fingerprint density at radius 2 is 1.96 bits per heavy atom. The number of ketones is 1. The molecule has 1 fully saturated rings. The summed E-state index contributed by atoms with van der Waals surface area (Å²) in [5.41, 5.74) is -1.60. The lowest BCUT2D eigenvalue weighted by Gasteiger charge is -2.25. The van der Waals surface area contributed by atoms with E-state index >= 15 is 0 Å². The van der Waals surface area contributed by atoms with E-state index in [4.69, 9.17) is 5.11 Å². The molecule has 0 aromatic rings. The van der Waals surface area contributed by atoms with Crippen LogP contribution in [0.3, 0.4) is 0 Å². The first-order valence-corrected chi connectivity index (χ1v) is 10.4. The van der Waals surface area contributed by atoms with Crippen molar-refractivity contribution in [2.75, 3.05) is 0 Å². The summed E-state index contributed by atoms with van der Waals surface area (Å²) < 4.78 is 13.7. The normalized spacial score (nSPS) is 24.6. The van der Waals surface area contributed by atoms with Gasteiger partial charge in [-0.1, -0.05) is 57.8 Å². The SMILES string of the molecule is C=C(F)C(O)(CC=C[C@H]1[C@H](O)CC(=O)[C@@H]1CCCCCCC(=O)O)CCCC. The number of halogens is 1. The predicted molar refractivity (Wildman–Crippen MR) is 106 cm³/mol. The van der Waals surface area contributed by atoms with Gasteiger partial charge in [-0.2, -0.15) is 0 Å². The van der Waals surface area contributed by atoms with E-state index in [0.29, 0.717) is 19.3 Å². The van der Waals surface area contributed by atoms with Crippen LogP contribution in [0.4, 0.5) is 4.39 Å². The number of aliphatic hydroxyl groups excluding tert-OH is 1. The van der Waals surface area contributed by atoms with Crippen molar-refractivity contribution in [3.05, 3.63) is 24.6 Å². The third kappa shape index (κ3) is 7.84. The van der Waals surface area contributed by atoms with Crippen LogP contribution in [-0.2, 0) is 9.59 Å². The largest absolute Gasteiger partial charge is 0.481 e. The lowest BCUT2D eigenvalue weighted by Crippen LogP contribution is -2.28. The Bertz CT molecular complexity index is 559. The van der Waals surface area contributed by atoms with Crippen molar-refractivity contribution in [1.82, 2.24) is 0 Å². The van der Waals surface area contributed by atoms with Crippen molar-refractivity contribution in [3.8, 4) is 0 Å². The summed E-state index contributed by atoms with van der Waals surface area (Å²) in [6.07, 6.45) is 8.54. The molecule has 1 aliphatic carbocycles. The van der Waals surface area contributed by atoms with Gasteiger partial charge in [0.25, 0.3) is 0 Å². The van der Waals surface area contributed by atoms with E-state index < -0.39 is 23.5 Å². The van der Waals surface area contributed by atoms with Gasteiger partial charge >= 0.3 is 5.97 Å². The Labute approximate surface area is 167 Å². The number of carboxylic acid groups (broad SMARTS) is 1. The van der Waals surface area contributed by atoms with E-state index in [2.05, 4.69) is 6.58 Å². The van der Waals surface area contributed by atoms with Gasteiger partial charge in [0, 0.05) is 31.1 Å². The maximum Gasteiger partial charge on any atom is 0.303 e. The highest BCUT2D eigenvalue weighted by Crippen LogP contribution is 2.35. The van der Waals surface area contributed by atoms with Crippen LogP contribution in [0.15, 0.2) is 24.6 Å². The zero-order valence-corrected chi connectivity index (χ0v) is 16.9. The van der Waals surface area contributed by atoms with E-state index in [1.807, 2.05) is 6.92 Å². The zero-order valence-electron chi connectivity index (χ0n) is 16.9. The second kappa shape index (κ2) is 12.1. The van der Waals surface area contributed by atoms with Crippen molar-refractivity contribution in [1.29, 1.82) is 0 Å². The van der Waals surface area contributed by atoms with E-state index in [9.17, 15) is 24.2 Å². The fourth-order valence-electron chi connectivity index (χ4n) is 3.82. The van der Waals surface area contributed by atoms with Gasteiger partial charge in [0.05, 0.1) is 6.10 Å². The first-order valence-electron chi connectivity index (χ1n) is 10.4. The predicted octanol–water partition coefficient (Wildman–Crippen LogP) is 4.33. The molecule has 1 aliphatic rings. The van der Waals surface area contributed by atoms with Gasteiger partial charge in [-0.15, -0.1) is 0 Å². The lowest BCUT2D eigenvalue weighted by atomic mass is 9.87. The number of aliphatic carboxylic acids is 1. The van der Waals surface area contributed by atoms with Crippen molar-refractivity contribution in [2.45, 2.75) is 89.3 Å². The van der Waals surface area contributed by atoms with Gasteiger partial charge in [-0.3, -0.25) is 9.59 Å². The molecule has 0 saturated heterocycles. The lowest BCUT2D eigenvalue weighted by molar-refractivity contribution is -0.137. The summed E-state index contributed by atoms with van der Waals surface area (Å²) in [4.78, 5) is 22.7. The van der Waals surface area contributed by atoms with Crippen molar-refractivity contribution < 1.29 is 29.3 Å². The van der Waals surface area contributed by atoms with Crippen LogP contribution in [0.1, 0.15) is 77.6 Å². The summed E-state index contributed by atoms with van der Waals surface area (Å²) in [7, 11) is 0. The number of Topliss-reactive ketones (excluding diaryl/α,β-unsaturated/α-hetero) is 1. The van der Waals surface area contributed by atoms with Gasteiger partial charge in [-0.25, -0.2) is 4.39 Å². The van der Waals surface area contributed by atoms with Crippen molar-refractivity contribution in [3.63, 3.8) is 0 Å². The van der Waals surface area contributed by atoms with E-state index in [1.165, 1.54) is 0 Å². The number of carboxylic acids is 1. The number of carbonyl (C=O) groups excluding carboxylic acids is 1. The quantitative estimate of drug-likeness (QED) is 0.299. The number of aliphatic hydroxyl groups is 2. The van der Waals surface area contributed by atoms with Gasteiger partial charge < -0.3 is 15.3 Å². The Balaban J connectivity index is 2.57. The van der Waals surface area contributed by atoms with Crippen LogP contribution >= 0.6 is 0 Å². The highest BCUT2D eigenvalue weighted by atomic mass is 19.1. The molecule has 3 N–H and O–H groups in total. The maximum atomic E-state index is 13.7. The molecule has 6 heteroatoms. The monoisotopic (exact) mass is 398 g/mol. The molecule has 0 bridgehead atoms. The Morgan fingerprint density at radius 3 is 2.57 bits per heavy atom. The topological polar surface area (TPSA) is 94.8 Å².